The summed E-state index contributed by atoms with van der Waals surface area (Å²) in [5, 5.41) is 0. The normalized spacial score (nSPS) is 18.4. The van der Waals surface area contributed by atoms with Gasteiger partial charge in [-0.15, -0.1) is 0 Å². The quantitative estimate of drug-likeness (QED) is 0.159. The number of phosphoric ester groups is 1. The minimum atomic E-state index is -4.68. The van der Waals surface area contributed by atoms with Gasteiger partial charge in [0.2, 0.25) is 0 Å². The first kappa shape index (κ1) is 38.4. The van der Waals surface area contributed by atoms with Gasteiger partial charge in [0.05, 0.1) is 0 Å². The van der Waals surface area contributed by atoms with E-state index in [-0.39, 0.29) is 46.3 Å². The third kappa shape index (κ3) is 10.6. The van der Waals surface area contributed by atoms with Gasteiger partial charge in [-0.1, -0.05) is 112 Å². The van der Waals surface area contributed by atoms with Crippen molar-refractivity contribution in [1.82, 2.24) is 0 Å². The van der Waals surface area contributed by atoms with Crippen molar-refractivity contribution in [3.05, 3.63) is 57.6 Å². The molecule has 0 unspecified atom stereocenters. The standard InChI is InChI=1S/C37H59O4P.Na/c1-10-14-18-27-22-29(20-16-12-3)34-31(24-27)33(37(8,9)26-36(5,6)7)32-25-28(19-15-11-2)23-30(21-17-13-4)35(32)41-42(38,39)40-34;/h22-25,33H,10-21,26H2,1-9H3,(H,38,39);/q;+1/p-1. The van der Waals surface area contributed by atoms with Crippen molar-refractivity contribution in [3.63, 3.8) is 0 Å². The van der Waals surface area contributed by atoms with Crippen LogP contribution >= 0.6 is 7.82 Å². The molecule has 1 heterocycles. The molecule has 0 bridgehead atoms. The fourth-order valence-electron chi connectivity index (χ4n) is 7.09. The number of phosphoric acid groups is 1. The molecule has 0 atom stereocenters. The van der Waals surface area contributed by atoms with Crippen LogP contribution in [0.3, 0.4) is 0 Å². The minimum Gasteiger partial charge on any atom is -0.736 e. The molecule has 0 aromatic heterocycles. The molecule has 2 aromatic rings. The Morgan fingerprint density at radius 1 is 0.674 bits per heavy atom. The van der Waals surface area contributed by atoms with E-state index in [0.717, 1.165) is 106 Å². The van der Waals surface area contributed by atoms with Crippen molar-refractivity contribution in [3.8, 4) is 11.5 Å². The summed E-state index contributed by atoms with van der Waals surface area (Å²) in [5.41, 5.74) is 6.45. The predicted octanol–water partition coefficient (Wildman–Crippen LogP) is 7.89. The Bertz CT molecular complexity index is 1150. The first-order valence-electron chi connectivity index (χ1n) is 16.8. The molecule has 0 N–H and O–H groups in total. The largest absolute Gasteiger partial charge is 1.00 e. The maximum Gasteiger partial charge on any atom is 1.00 e. The van der Waals surface area contributed by atoms with Crippen LogP contribution in [0.5, 0.6) is 11.5 Å². The Morgan fingerprint density at radius 2 is 1.05 bits per heavy atom. The molecule has 3 rings (SSSR count). The zero-order chi connectivity index (χ0) is 31.1. The van der Waals surface area contributed by atoms with Gasteiger partial charge in [-0.2, -0.15) is 0 Å². The first-order chi connectivity index (χ1) is 19.7. The van der Waals surface area contributed by atoms with E-state index in [1.165, 1.54) is 11.1 Å². The van der Waals surface area contributed by atoms with Crippen LogP contribution in [-0.2, 0) is 30.2 Å². The third-order valence-electron chi connectivity index (χ3n) is 8.54. The summed E-state index contributed by atoms with van der Waals surface area (Å²) in [7, 11) is -4.68. The van der Waals surface area contributed by atoms with Gasteiger partial charge in [0, 0.05) is 17.0 Å². The van der Waals surface area contributed by atoms with E-state index in [1.807, 2.05) is 0 Å². The van der Waals surface area contributed by atoms with Crippen molar-refractivity contribution >= 4 is 7.82 Å². The summed E-state index contributed by atoms with van der Waals surface area (Å²) in [6.07, 6.45) is 13.0. The van der Waals surface area contributed by atoms with Gasteiger partial charge in [0.1, 0.15) is 11.5 Å². The van der Waals surface area contributed by atoms with Crippen LogP contribution in [0.25, 0.3) is 0 Å². The summed E-state index contributed by atoms with van der Waals surface area (Å²) in [6, 6.07) is 8.94. The maximum atomic E-state index is 13.7. The minimum absolute atomic E-state index is 0. The molecule has 1 aliphatic rings. The summed E-state index contributed by atoms with van der Waals surface area (Å²) < 4.78 is 25.8. The Labute approximate surface area is 286 Å². The van der Waals surface area contributed by atoms with Crippen molar-refractivity contribution in [2.24, 2.45) is 10.8 Å². The van der Waals surface area contributed by atoms with Crippen molar-refractivity contribution < 1.29 is 48.1 Å². The van der Waals surface area contributed by atoms with E-state index in [4.69, 9.17) is 9.05 Å². The van der Waals surface area contributed by atoms with Crippen LogP contribution in [0.15, 0.2) is 24.3 Å². The number of rotatable bonds is 14. The van der Waals surface area contributed by atoms with Crippen molar-refractivity contribution in [1.29, 1.82) is 0 Å². The van der Waals surface area contributed by atoms with Crippen LogP contribution in [0.1, 0.15) is 159 Å². The van der Waals surface area contributed by atoms with Gasteiger partial charge in [0.25, 0.3) is 0 Å². The molecule has 1 aliphatic heterocycles. The Kier molecular flexibility index (Phi) is 14.9. The summed E-state index contributed by atoms with van der Waals surface area (Å²) in [6.45, 7) is 20.4. The van der Waals surface area contributed by atoms with Gasteiger partial charge in [0.15, 0.2) is 0 Å². The number of hydrogen-bond donors (Lipinski definition) is 0. The van der Waals surface area contributed by atoms with Crippen LogP contribution in [-0.4, -0.2) is 0 Å². The molecular weight excluding hydrogens is 562 g/mol. The van der Waals surface area contributed by atoms with Crippen molar-refractivity contribution in [2.75, 3.05) is 0 Å². The molecule has 0 spiro atoms. The van der Waals surface area contributed by atoms with E-state index in [9.17, 15) is 9.46 Å². The SMILES string of the molecule is CCCCc1cc(CCCC)c2c(c1)C(C(C)(C)CC(C)(C)C)c1cc(CCCC)cc(CCCC)c1OP(=O)([O-])O2.[Na+]. The first-order valence-corrected chi connectivity index (χ1v) is 18.2. The number of benzene rings is 2. The van der Waals surface area contributed by atoms with Crippen LogP contribution in [0, 0.1) is 10.8 Å². The molecule has 0 fully saturated rings. The molecule has 0 saturated carbocycles. The molecule has 6 heteroatoms. The van der Waals surface area contributed by atoms with Crippen molar-refractivity contribution in [2.45, 2.75) is 152 Å². The fourth-order valence-corrected chi connectivity index (χ4v) is 8.02. The Hall–Kier alpha value is -0.770. The monoisotopic (exact) mass is 620 g/mol. The second kappa shape index (κ2) is 16.7. The molecule has 2 aromatic carbocycles. The Balaban J connectivity index is 0.00000645. The third-order valence-corrected chi connectivity index (χ3v) is 9.35. The van der Waals surface area contributed by atoms with Gasteiger partial charge in [-0.3, -0.25) is 0 Å². The molecule has 0 saturated heterocycles. The molecule has 43 heavy (non-hydrogen) atoms. The van der Waals surface area contributed by atoms with E-state index < -0.39 is 7.82 Å². The maximum absolute atomic E-state index is 13.7. The smallest absolute Gasteiger partial charge is 0.736 e. The number of unbranched alkanes of at least 4 members (excludes halogenated alkanes) is 4. The van der Waals surface area contributed by atoms with Crippen LogP contribution in [0.4, 0.5) is 0 Å². The average molecular weight is 621 g/mol. The van der Waals surface area contributed by atoms with Gasteiger partial charge in [-0.05, 0) is 90.9 Å². The predicted molar refractivity (Wildman–Crippen MR) is 176 cm³/mol. The number of hydrogen-bond acceptors (Lipinski definition) is 4. The van der Waals surface area contributed by atoms with Gasteiger partial charge >= 0.3 is 37.4 Å². The van der Waals surface area contributed by atoms with E-state index in [1.54, 1.807) is 0 Å². The molecule has 4 nitrogen and oxygen atoms in total. The van der Waals surface area contributed by atoms with Gasteiger partial charge < -0.3 is 13.9 Å². The van der Waals surface area contributed by atoms with Crippen LogP contribution in [0.2, 0.25) is 0 Å². The summed E-state index contributed by atoms with van der Waals surface area (Å²) in [4.78, 5) is 13.7. The number of aryl methyl sites for hydroxylation is 4. The molecule has 0 aliphatic carbocycles. The topological polar surface area (TPSA) is 58.6 Å². The molecular formula is C37H58NaO4P. The van der Waals surface area contributed by atoms with Crippen LogP contribution < -0.4 is 43.5 Å². The molecule has 236 valence electrons. The second-order valence-electron chi connectivity index (χ2n) is 14.5. The van der Waals surface area contributed by atoms with E-state index >= 15 is 0 Å². The van der Waals surface area contributed by atoms with E-state index in [2.05, 4.69) is 86.6 Å². The second-order valence-corrected chi connectivity index (χ2v) is 15.8. The zero-order valence-electron chi connectivity index (χ0n) is 29.2. The average Bonchev–Trinajstić information content (AvgIpc) is 2.88. The number of fused-ring (bicyclic) bond motifs is 2. The Morgan fingerprint density at radius 3 is 1.40 bits per heavy atom. The molecule has 0 radical (unpaired) electrons. The zero-order valence-corrected chi connectivity index (χ0v) is 32.1. The molecule has 0 amide bonds. The fraction of sp³-hybridized carbons (Fsp3) is 0.676. The summed E-state index contributed by atoms with van der Waals surface area (Å²) >= 11 is 0. The van der Waals surface area contributed by atoms with Gasteiger partial charge in [-0.25, -0.2) is 4.57 Å². The summed E-state index contributed by atoms with van der Waals surface area (Å²) in [5.74, 6) is 0.938. The van der Waals surface area contributed by atoms with E-state index in [0.29, 0.717) is 11.5 Å².